The molecule has 0 aliphatic rings. The average molecular weight is 345 g/mol. The van der Waals surface area contributed by atoms with Crippen molar-refractivity contribution >= 4 is 17.8 Å². The van der Waals surface area contributed by atoms with E-state index in [9.17, 15) is 9.59 Å². The molecule has 0 spiro atoms. The molecule has 132 valence electrons. The van der Waals surface area contributed by atoms with E-state index in [0.717, 1.165) is 0 Å². The summed E-state index contributed by atoms with van der Waals surface area (Å²) >= 11 is 0. The Hall–Kier alpha value is -3.16. The summed E-state index contributed by atoms with van der Waals surface area (Å²) in [4.78, 5) is 27.7. The fourth-order valence-electron chi connectivity index (χ4n) is 1.96. The highest BCUT2D eigenvalue weighted by atomic mass is 16.7. The number of aryl methyl sites for hydroxylation is 1. The Morgan fingerprint density at radius 1 is 1.24 bits per heavy atom. The van der Waals surface area contributed by atoms with Crippen LogP contribution in [0.3, 0.4) is 0 Å². The van der Waals surface area contributed by atoms with Gasteiger partial charge in [-0.1, -0.05) is 24.2 Å². The molecule has 0 saturated carbocycles. The molecule has 2 aromatic rings. The minimum absolute atomic E-state index is 0.0576. The van der Waals surface area contributed by atoms with E-state index in [1.54, 1.807) is 31.2 Å². The zero-order chi connectivity index (χ0) is 18.2. The summed E-state index contributed by atoms with van der Waals surface area (Å²) in [5, 5.41) is 3.55. The summed E-state index contributed by atoms with van der Waals surface area (Å²) in [6.07, 6.45) is 5.92. The van der Waals surface area contributed by atoms with E-state index in [-0.39, 0.29) is 18.9 Å². The number of hydrogen-bond acceptors (Lipinski definition) is 5. The number of benzene rings is 1. The van der Waals surface area contributed by atoms with Crippen LogP contribution in [0.15, 0.2) is 48.1 Å². The third-order valence-electron chi connectivity index (χ3n) is 3.36. The van der Waals surface area contributed by atoms with Crippen molar-refractivity contribution in [1.82, 2.24) is 4.57 Å². The van der Waals surface area contributed by atoms with Gasteiger partial charge in [0.15, 0.2) is 5.84 Å². The number of rotatable bonds is 7. The van der Waals surface area contributed by atoms with Crippen molar-refractivity contribution in [2.24, 2.45) is 17.9 Å². The molecule has 25 heavy (non-hydrogen) atoms. The van der Waals surface area contributed by atoms with Crippen molar-refractivity contribution in [3.05, 3.63) is 54.1 Å². The molecule has 0 atom stereocenters. The van der Waals surface area contributed by atoms with Gasteiger partial charge in [0.25, 0.3) is 0 Å². The van der Waals surface area contributed by atoms with Crippen molar-refractivity contribution in [2.45, 2.75) is 19.9 Å². The number of amidine groups is 1. The number of esters is 1. The molecule has 1 heterocycles. The fourth-order valence-corrected chi connectivity index (χ4v) is 1.96. The number of hydrogen-bond donors (Lipinski definition) is 1. The van der Waals surface area contributed by atoms with Crippen molar-refractivity contribution in [2.75, 3.05) is 6.61 Å². The van der Waals surface area contributed by atoms with Crippen LogP contribution in [0.2, 0.25) is 0 Å². The molecule has 1 aromatic heterocycles. The zero-order valence-corrected chi connectivity index (χ0v) is 14.2. The van der Waals surface area contributed by atoms with E-state index in [1.807, 2.05) is 34.9 Å². The summed E-state index contributed by atoms with van der Waals surface area (Å²) < 4.78 is 9.06. The van der Waals surface area contributed by atoms with Crippen molar-refractivity contribution < 1.29 is 23.7 Å². The van der Waals surface area contributed by atoms with Crippen molar-refractivity contribution in [3.8, 4) is 0 Å². The van der Waals surface area contributed by atoms with Gasteiger partial charge in [0.1, 0.15) is 25.5 Å². The molecule has 0 amide bonds. The average Bonchev–Trinajstić information content (AvgIpc) is 3.04. The number of carbonyl (C=O) groups is 2. The van der Waals surface area contributed by atoms with Crippen LogP contribution >= 0.6 is 0 Å². The number of ether oxygens (including phenoxy) is 1. The molecule has 2 N–H and O–H groups in total. The number of oxime groups is 1. The molecule has 0 saturated heterocycles. The summed E-state index contributed by atoms with van der Waals surface area (Å²) in [7, 11) is 1.92. The standard InChI is InChI=1S/C17H21N4O4/c1-3-15(22)25-19-16(18)13-4-6-14(7-5-13)17(23)24-11-10-21-9-8-20(2)12-21/h4-9,12H,3,10-11H2,1-2H3,(H2,18,19)/q+1. The summed E-state index contributed by atoms with van der Waals surface area (Å²) in [5.41, 5.74) is 6.67. The molecular formula is C17H21N4O4+. The van der Waals surface area contributed by atoms with E-state index in [4.69, 9.17) is 10.5 Å². The predicted octanol–water partition coefficient (Wildman–Crippen LogP) is 0.743. The first-order chi connectivity index (χ1) is 12.0. The van der Waals surface area contributed by atoms with Crippen molar-refractivity contribution in [3.63, 3.8) is 0 Å². The molecule has 2 rings (SSSR count). The van der Waals surface area contributed by atoms with Gasteiger partial charge in [0.2, 0.25) is 6.33 Å². The number of carbonyl (C=O) groups excluding carboxylic acids is 2. The van der Waals surface area contributed by atoms with Gasteiger partial charge in [-0.25, -0.2) is 18.7 Å². The molecule has 0 unspecified atom stereocenters. The first-order valence-electron chi connectivity index (χ1n) is 7.81. The monoisotopic (exact) mass is 345 g/mol. The van der Waals surface area contributed by atoms with Crippen LogP contribution in [-0.4, -0.2) is 28.9 Å². The molecule has 8 heteroatoms. The fraction of sp³-hybridized carbons (Fsp3) is 0.294. The lowest BCUT2D eigenvalue weighted by Gasteiger charge is -2.05. The zero-order valence-electron chi connectivity index (χ0n) is 14.2. The minimum atomic E-state index is -0.473. The first-order valence-corrected chi connectivity index (χ1v) is 7.81. The molecule has 0 fully saturated rings. The van der Waals surface area contributed by atoms with E-state index >= 15 is 0 Å². The number of nitrogens with two attached hydrogens (primary N) is 1. The van der Waals surface area contributed by atoms with Crippen LogP contribution < -0.4 is 10.3 Å². The van der Waals surface area contributed by atoms with Gasteiger partial charge in [-0.2, -0.15) is 0 Å². The Bertz CT molecular complexity index is 765. The predicted molar refractivity (Wildman–Crippen MR) is 89.4 cm³/mol. The SMILES string of the molecule is CCC(=O)O/N=C(\N)c1ccc(C(=O)OCCn2cc[n+](C)c2)cc1. The van der Waals surface area contributed by atoms with Gasteiger partial charge < -0.3 is 15.3 Å². The van der Waals surface area contributed by atoms with E-state index in [0.29, 0.717) is 17.7 Å². The van der Waals surface area contributed by atoms with Gasteiger partial charge >= 0.3 is 11.9 Å². The van der Waals surface area contributed by atoms with Gasteiger partial charge in [0.05, 0.1) is 12.6 Å². The Labute approximate surface area is 145 Å². The summed E-state index contributed by atoms with van der Waals surface area (Å²) in [6, 6.07) is 6.39. The van der Waals surface area contributed by atoms with Crippen LogP contribution in [0.1, 0.15) is 29.3 Å². The molecule has 8 nitrogen and oxygen atoms in total. The van der Waals surface area contributed by atoms with Crippen LogP contribution in [0, 0.1) is 0 Å². The second-order valence-corrected chi connectivity index (χ2v) is 5.32. The Kier molecular flexibility index (Phi) is 6.27. The molecule has 1 aromatic carbocycles. The lowest BCUT2D eigenvalue weighted by Crippen LogP contribution is -2.24. The van der Waals surface area contributed by atoms with E-state index < -0.39 is 11.9 Å². The van der Waals surface area contributed by atoms with Crippen LogP contribution in [0.4, 0.5) is 0 Å². The topological polar surface area (TPSA) is 99.8 Å². The largest absolute Gasteiger partial charge is 0.458 e. The molecular weight excluding hydrogens is 324 g/mol. The van der Waals surface area contributed by atoms with E-state index in [1.165, 1.54) is 0 Å². The second-order valence-electron chi connectivity index (χ2n) is 5.32. The van der Waals surface area contributed by atoms with Crippen LogP contribution in [0.25, 0.3) is 0 Å². The lowest BCUT2D eigenvalue weighted by molar-refractivity contribution is -0.671. The maximum atomic E-state index is 12.0. The lowest BCUT2D eigenvalue weighted by atomic mass is 10.1. The Morgan fingerprint density at radius 2 is 1.92 bits per heavy atom. The number of nitrogens with zero attached hydrogens (tertiary/aromatic N) is 3. The third-order valence-corrected chi connectivity index (χ3v) is 3.36. The third kappa shape index (κ3) is 5.45. The quantitative estimate of drug-likeness (QED) is 0.199. The highest BCUT2D eigenvalue weighted by Crippen LogP contribution is 2.06. The normalized spacial score (nSPS) is 11.2. The van der Waals surface area contributed by atoms with E-state index in [2.05, 4.69) is 9.99 Å². The maximum absolute atomic E-state index is 12.0. The van der Waals surface area contributed by atoms with Gasteiger partial charge in [-0.15, -0.1) is 0 Å². The Balaban J connectivity index is 1.87. The highest BCUT2D eigenvalue weighted by Gasteiger charge is 2.09. The summed E-state index contributed by atoms with van der Waals surface area (Å²) in [6.45, 7) is 2.50. The molecule has 0 aliphatic carbocycles. The summed E-state index contributed by atoms with van der Waals surface area (Å²) in [5.74, 6) is -0.836. The van der Waals surface area contributed by atoms with Crippen molar-refractivity contribution in [1.29, 1.82) is 0 Å². The first kappa shape index (κ1) is 18.2. The van der Waals surface area contributed by atoms with Crippen LogP contribution in [-0.2, 0) is 28.0 Å². The van der Waals surface area contributed by atoms with Gasteiger partial charge in [-0.3, -0.25) is 0 Å². The molecule has 0 bridgehead atoms. The minimum Gasteiger partial charge on any atom is -0.458 e. The number of imidazole rings is 1. The maximum Gasteiger partial charge on any atom is 0.338 e. The van der Waals surface area contributed by atoms with Gasteiger partial charge in [-0.05, 0) is 12.1 Å². The van der Waals surface area contributed by atoms with Gasteiger partial charge in [0, 0.05) is 12.0 Å². The smallest absolute Gasteiger partial charge is 0.338 e. The Morgan fingerprint density at radius 3 is 2.52 bits per heavy atom. The molecule has 0 aliphatic heterocycles. The second kappa shape index (κ2) is 8.62. The highest BCUT2D eigenvalue weighted by molar-refractivity contribution is 5.98. The molecule has 0 radical (unpaired) electrons. The van der Waals surface area contributed by atoms with Crippen LogP contribution in [0.5, 0.6) is 0 Å². The number of aromatic nitrogens is 2.